The Morgan fingerprint density at radius 3 is 2.46 bits per heavy atom. The molecule has 0 spiro atoms. The molecule has 7 N–H and O–H groups in total. The van der Waals surface area contributed by atoms with Gasteiger partial charge in [0.05, 0.1) is 69.0 Å². The summed E-state index contributed by atoms with van der Waals surface area (Å²) < 4.78 is 37.1. The highest BCUT2D eigenvalue weighted by Crippen LogP contribution is 2.49. The molecular weight excluding hydrogens is 1070 g/mol. The van der Waals surface area contributed by atoms with Crippen molar-refractivity contribution in [1.82, 2.24) is 35.9 Å². The number of nitrogens with one attached hydrogen (secondary N) is 4. The Hall–Kier alpha value is -6.44. The maximum Gasteiger partial charge on any atom is 0.409 e. The summed E-state index contributed by atoms with van der Waals surface area (Å²) >= 11 is 6.83. The monoisotopic (exact) mass is 1150 g/mol. The Kier molecular flexibility index (Phi) is 22.4. The van der Waals surface area contributed by atoms with Crippen molar-refractivity contribution in [3.8, 4) is 0 Å². The van der Waals surface area contributed by atoms with Gasteiger partial charge in [-0.2, -0.15) is 0 Å². The third-order valence-corrected chi connectivity index (χ3v) is 15.7. The zero-order valence-corrected chi connectivity index (χ0v) is 48.8. The van der Waals surface area contributed by atoms with Crippen molar-refractivity contribution in [2.24, 2.45) is 11.7 Å². The first-order valence-electron chi connectivity index (χ1n) is 27.1. The van der Waals surface area contributed by atoms with Crippen LogP contribution in [0.1, 0.15) is 76.6 Å². The highest BCUT2D eigenvalue weighted by molar-refractivity contribution is 6.34. The second kappa shape index (κ2) is 28.5. The van der Waals surface area contributed by atoms with E-state index in [2.05, 4.69) is 27.4 Å². The summed E-state index contributed by atoms with van der Waals surface area (Å²) in [5.74, 6) is -4.05. The van der Waals surface area contributed by atoms with Crippen molar-refractivity contribution < 1.29 is 67.1 Å². The molecule has 2 saturated heterocycles. The number of methoxy groups -OCH3 is 1. The summed E-state index contributed by atoms with van der Waals surface area (Å²) in [7, 11) is 8.19. The molecule has 3 aliphatic heterocycles. The maximum atomic E-state index is 14.3. The fourth-order valence-corrected chi connectivity index (χ4v) is 10.4. The number of primary amides is 1. The second-order valence-electron chi connectivity index (χ2n) is 21.3. The first-order chi connectivity index (χ1) is 38.4. The highest BCUT2D eigenvalue weighted by Gasteiger charge is 2.64. The van der Waals surface area contributed by atoms with Crippen LogP contribution in [0.15, 0.2) is 66.3 Å². The van der Waals surface area contributed by atoms with Gasteiger partial charge < -0.3 is 64.3 Å². The van der Waals surface area contributed by atoms with Gasteiger partial charge in [-0.25, -0.2) is 14.6 Å². The van der Waals surface area contributed by atoms with E-state index >= 15 is 0 Å². The Labute approximate surface area is 478 Å². The number of hydrogen-bond donors (Lipinski definition) is 6. The molecule has 24 heteroatoms. The predicted molar refractivity (Wildman–Crippen MR) is 301 cm³/mol. The number of aryl methyl sites for hydroxylation is 2. The van der Waals surface area contributed by atoms with Crippen LogP contribution in [0.3, 0.4) is 0 Å². The van der Waals surface area contributed by atoms with Crippen LogP contribution in [0.4, 0.5) is 10.5 Å². The molecule has 0 saturated carbocycles. The number of likely N-dealkylation sites (N-methyl/N-ethyl adjacent to an activating group) is 1. The topological polar surface area (TPSA) is 287 Å². The fraction of sp³-hybridized carbons (Fsp3) is 0.561. The molecule has 1 aromatic heterocycles. The van der Waals surface area contributed by atoms with Gasteiger partial charge in [0.25, 0.3) is 0 Å². The number of alkyl carbamates (subject to hydrolysis) is 1. The number of fused-ring (bicyclic) bond motifs is 6. The van der Waals surface area contributed by atoms with Crippen molar-refractivity contribution in [2.75, 3.05) is 73.2 Å². The quantitative estimate of drug-likeness (QED) is 0.0344. The van der Waals surface area contributed by atoms with Crippen molar-refractivity contribution >= 4 is 69.8 Å². The summed E-state index contributed by atoms with van der Waals surface area (Å²) in [5, 5.41) is 23.0. The zero-order chi connectivity index (χ0) is 59.3. The molecule has 3 aliphatic rings. The van der Waals surface area contributed by atoms with Crippen LogP contribution in [-0.4, -0.2) is 177 Å². The third-order valence-electron chi connectivity index (χ3n) is 15.2. The minimum Gasteiger partial charge on any atom is -0.457 e. The number of carbonyl (C=O) groups is 7. The van der Waals surface area contributed by atoms with Crippen LogP contribution >= 0.6 is 11.6 Å². The van der Waals surface area contributed by atoms with Crippen LogP contribution in [0.2, 0.25) is 5.02 Å². The smallest absolute Gasteiger partial charge is 0.409 e. The number of allylic oxidation sites excluding steroid dienone is 3. The molecule has 9 atom stereocenters. The zero-order valence-electron chi connectivity index (χ0n) is 48.0. The highest BCUT2D eigenvalue weighted by atomic mass is 35.5. The lowest BCUT2D eigenvalue weighted by molar-refractivity contribution is -0.162. The van der Waals surface area contributed by atoms with E-state index in [1.165, 1.54) is 30.9 Å². The van der Waals surface area contributed by atoms with Gasteiger partial charge in [0, 0.05) is 71.3 Å². The van der Waals surface area contributed by atoms with E-state index in [9.17, 15) is 38.7 Å². The molecular formula is C57H80ClN9O14. The van der Waals surface area contributed by atoms with Crippen LogP contribution < -0.4 is 32.0 Å². The average Bonchev–Trinajstić information content (AvgIpc) is 4.02. The van der Waals surface area contributed by atoms with E-state index in [-0.39, 0.29) is 58.7 Å². The van der Waals surface area contributed by atoms with Gasteiger partial charge in [-0.15, -0.1) is 0 Å². The number of nitrogens with zero attached hydrogens (tertiary/aromatic N) is 4. The summed E-state index contributed by atoms with van der Waals surface area (Å²) in [6.07, 6.45) is 0.214. The number of aliphatic hydroxyl groups is 1. The summed E-state index contributed by atoms with van der Waals surface area (Å²) in [6.45, 7) is 9.99. The molecule has 0 aliphatic carbocycles. The molecule has 4 bridgehead atoms. The Morgan fingerprint density at radius 1 is 1.04 bits per heavy atom. The molecule has 4 heterocycles. The number of halogens is 1. The minimum atomic E-state index is -1.87. The predicted octanol–water partition coefficient (Wildman–Crippen LogP) is 3.33. The van der Waals surface area contributed by atoms with Crippen LogP contribution in [0, 0.1) is 12.8 Å². The van der Waals surface area contributed by atoms with E-state index < -0.39 is 102 Å². The van der Waals surface area contributed by atoms with Crippen LogP contribution in [0.5, 0.6) is 0 Å². The van der Waals surface area contributed by atoms with Gasteiger partial charge in [-0.3, -0.25) is 34.7 Å². The number of ether oxygens (including phenoxy) is 6. The number of para-hydroxylation sites is 1. The lowest BCUT2D eigenvalue weighted by atomic mass is 9.83. The summed E-state index contributed by atoms with van der Waals surface area (Å²) in [6, 6.07) is 11.4. The van der Waals surface area contributed by atoms with Crippen LogP contribution in [-0.2, 0) is 76.7 Å². The Balaban J connectivity index is 0.990. The molecule has 6 amide bonds. The van der Waals surface area contributed by atoms with Gasteiger partial charge in [0.1, 0.15) is 36.0 Å². The number of amides is 6. The van der Waals surface area contributed by atoms with Gasteiger partial charge in [0.2, 0.25) is 29.5 Å². The summed E-state index contributed by atoms with van der Waals surface area (Å²) in [4.78, 5) is 95.5. The molecule has 2 fully saturated rings. The molecule has 23 nitrogen and oxygen atoms in total. The van der Waals surface area contributed by atoms with E-state index in [1.54, 1.807) is 33.0 Å². The first kappa shape index (κ1) is 63.7. The third kappa shape index (κ3) is 16.6. The van der Waals surface area contributed by atoms with E-state index in [0.717, 1.165) is 33.3 Å². The number of hydrogen-bond acceptors (Lipinski definition) is 16. The lowest BCUT2D eigenvalue weighted by Gasteiger charge is -2.42. The SMILES string of the molecule is CNN(C)Cc1cc2ccccc2n1CCC(=O)N[C@@H](CC(N)=O)C(=O)NCCOCCOCCC(=O)N(C)[C@@H](C)C(=O)O[C@H]1CC(=O)N(C)c2cc(cc(C)c2Cl)C/C(C)=C/C=C/[C@@H](OC)[C@]2(O)C[C@H](OC(=O)N2)[C@@H](C)C2O[C@]21C. The molecule has 444 valence electrons. The van der Waals surface area contributed by atoms with Gasteiger partial charge in [0.15, 0.2) is 5.72 Å². The number of carbonyl (C=O) groups excluding carboxylic acids is 7. The normalized spacial score (nSPS) is 24.9. The lowest BCUT2D eigenvalue weighted by Crippen LogP contribution is -2.63. The fourth-order valence-electron chi connectivity index (χ4n) is 10.2. The standard InChI is InChI=1S/C57H80ClN9O14/c1-34-14-13-17-45(76-10)57(75)32-44(79-55(74)63-57)36(3)52-56(5,81-52)46(31-50(71)66(9)43-28-38(26-34)27-35(2)51(43)58)80-54(73)37(4)65(8)49(70)19-22-77-24-25-78-23-20-61-53(72)41(30-47(59)68)62-48(69)18-21-67-40(33-64(7)60-6)29-39-15-11-12-16-42(39)67/h11-17,27-29,36-37,41,44-46,52,60,75H,18-26,30-33H2,1-10H3,(H2,59,68)(H,61,72)(H,62,69)(H,63,74)/b17-13+,34-14+/t36-,37+,41+,44+,45-,46+,52?,56+,57-/m1/s1. The van der Waals surface area contributed by atoms with Crippen LogP contribution in [0.25, 0.3) is 10.9 Å². The number of esters is 1. The molecule has 3 aromatic rings. The molecule has 0 radical (unpaired) electrons. The van der Waals surface area contributed by atoms with E-state index in [0.29, 0.717) is 30.2 Å². The average molecular weight is 1150 g/mol. The number of epoxide rings is 1. The van der Waals surface area contributed by atoms with E-state index in [1.807, 2.05) is 80.0 Å². The van der Waals surface area contributed by atoms with Crippen molar-refractivity contribution in [2.45, 2.75) is 134 Å². The van der Waals surface area contributed by atoms with E-state index in [4.69, 9.17) is 45.8 Å². The molecule has 6 rings (SSSR count). The number of nitrogens with two attached hydrogens (primary N) is 1. The maximum absolute atomic E-state index is 14.3. The Morgan fingerprint density at radius 2 is 1.75 bits per heavy atom. The van der Waals surface area contributed by atoms with Crippen molar-refractivity contribution in [1.29, 1.82) is 0 Å². The number of anilines is 1. The minimum absolute atomic E-state index is 0.0137. The molecule has 81 heavy (non-hydrogen) atoms. The summed E-state index contributed by atoms with van der Waals surface area (Å²) in [5.41, 5.74) is 10.3. The van der Waals surface area contributed by atoms with Gasteiger partial charge >= 0.3 is 12.1 Å². The molecule has 1 unspecified atom stereocenters. The second-order valence-corrected chi connectivity index (χ2v) is 21.6. The number of aromatic nitrogens is 1. The molecule has 2 aromatic carbocycles. The van der Waals surface area contributed by atoms with Crippen molar-refractivity contribution in [3.05, 3.63) is 88.1 Å². The number of benzene rings is 2. The Bertz CT molecular complexity index is 2830. The van der Waals surface area contributed by atoms with Gasteiger partial charge in [-0.05, 0) is 75.9 Å². The van der Waals surface area contributed by atoms with Gasteiger partial charge in [-0.1, -0.05) is 66.6 Å². The number of rotatable bonds is 23. The largest absolute Gasteiger partial charge is 0.457 e. The van der Waals surface area contributed by atoms with Crippen molar-refractivity contribution in [3.63, 3.8) is 0 Å². The number of hydrazine groups is 1. The first-order valence-corrected chi connectivity index (χ1v) is 27.5.